The molecule has 7 nitrogen and oxygen atoms in total. The van der Waals surface area contributed by atoms with Gasteiger partial charge in [-0.05, 0) is 35.8 Å². The van der Waals surface area contributed by atoms with Crippen LogP contribution in [0.15, 0.2) is 59.1 Å². The van der Waals surface area contributed by atoms with Crippen molar-refractivity contribution < 1.29 is 18.8 Å². The van der Waals surface area contributed by atoms with Gasteiger partial charge in [-0.3, -0.25) is 4.79 Å². The molecule has 0 atom stereocenters. The summed E-state index contributed by atoms with van der Waals surface area (Å²) in [6.07, 6.45) is 3.93. The normalized spacial score (nSPS) is 12.6. The van der Waals surface area contributed by atoms with Crippen LogP contribution < -0.4 is 9.47 Å². The van der Waals surface area contributed by atoms with Crippen LogP contribution in [0.5, 0.6) is 11.5 Å². The van der Waals surface area contributed by atoms with Gasteiger partial charge in [-0.1, -0.05) is 49.3 Å². The van der Waals surface area contributed by atoms with E-state index in [2.05, 4.69) is 24.0 Å². The van der Waals surface area contributed by atoms with Crippen LogP contribution in [0.3, 0.4) is 0 Å². The predicted octanol–water partition coefficient (Wildman–Crippen LogP) is 4.21. The Kier molecular flexibility index (Phi) is 6.31. The van der Waals surface area contributed by atoms with Crippen molar-refractivity contribution in [2.24, 2.45) is 5.92 Å². The lowest BCUT2D eigenvalue weighted by atomic mass is 10.2. The molecule has 2 aromatic carbocycles. The van der Waals surface area contributed by atoms with Gasteiger partial charge in [0.25, 0.3) is 0 Å². The van der Waals surface area contributed by atoms with Gasteiger partial charge in [-0.15, -0.1) is 0 Å². The minimum Gasteiger partial charge on any atom is -0.454 e. The van der Waals surface area contributed by atoms with Crippen molar-refractivity contribution in [1.82, 2.24) is 15.0 Å². The average Bonchev–Trinajstić information content (AvgIpc) is 3.44. The van der Waals surface area contributed by atoms with Gasteiger partial charge >= 0.3 is 0 Å². The van der Waals surface area contributed by atoms with Crippen molar-refractivity contribution in [3.63, 3.8) is 0 Å². The van der Waals surface area contributed by atoms with E-state index >= 15 is 0 Å². The van der Waals surface area contributed by atoms with Gasteiger partial charge < -0.3 is 18.9 Å². The number of fused-ring (bicyclic) bond motifs is 1. The lowest BCUT2D eigenvalue weighted by Gasteiger charge is -2.22. The first-order valence-corrected chi connectivity index (χ1v) is 10.3. The maximum Gasteiger partial charge on any atom is 0.246 e. The van der Waals surface area contributed by atoms with Crippen molar-refractivity contribution in [3.05, 3.63) is 66.1 Å². The Bertz CT molecular complexity index is 1060. The molecule has 4 rings (SSSR count). The van der Waals surface area contributed by atoms with Crippen molar-refractivity contribution in [2.45, 2.75) is 20.3 Å². The number of nitrogens with zero attached hydrogens (tertiary/aromatic N) is 3. The van der Waals surface area contributed by atoms with Gasteiger partial charge in [0.05, 0.1) is 0 Å². The van der Waals surface area contributed by atoms with Crippen LogP contribution in [-0.2, 0) is 11.2 Å². The molecule has 0 bridgehead atoms. The maximum absolute atomic E-state index is 12.8. The third-order valence-electron chi connectivity index (χ3n) is 4.81. The monoisotopic (exact) mass is 419 g/mol. The van der Waals surface area contributed by atoms with Crippen LogP contribution in [0.2, 0.25) is 0 Å². The average molecular weight is 419 g/mol. The fraction of sp³-hybridized carbons (Fsp3) is 0.292. The molecular weight excluding hydrogens is 394 g/mol. The number of hydrogen-bond acceptors (Lipinski definition) is 6. The van der Waals surface area contributed by atoms with Gasteiger partial charge in [0, 0.05) is 31.1 Å². The second kappa shape index (κ2) is 9.47. The molecule has 0 radical (unpaired) electrons. The van der Waals surface area contributed by atoms with E-state index in [0.29, 0.717) is 48.6 Å². The molecule has 1 aliphatic heterocycles. The summed E-state index contributed by atoms with van der Waals surface area (Å²) in [6.45, 7) is 5.55. The first-order chi connectivity index (χ1) is 15.1. The lowest BCUT2D eigenvalue weighted by molar-refractivity contribution is -0.126. The predicted molar refractivity (Wildman–Crippen MR) is 116 cm³/mol. The van der Waals surface area contributed by atoms with E-state index in [-0.39, 0.29) is 12.7 Å². The fourth-order valence-corrected chi connectivity index (χ4v) is 3.31. The summed E-state index contributed by atoms with van der Waals surface area (Å²) in [5, 5.41) is 4.07. The van der Waals surface area contributed by atoms with Crippen LogP contribution in [0, 0.1) is 5.92 Å². The lowest BCUT2D eigenvalue weighted by Crippen LogP contribution is -2.34. The Balaban J connectivity index is 1.40. The zero-order valence-corrected chi connectivity index (χ0v) is 17.7. The van der Waals surface area contributed by atoms with E-state index in [4.69, 9.17) is 14.0 Å². The van der Waals surface area contributed by atoms with Crippen LogP contribution in [0.25, 0.3) is 17.5 Å². The van der Waals surface area contributed by atoms with Crippen LogP contribution >= 0.6 is 0 Å². The smallest absolute Gasteiger partial charge is 0.246 e. The van der Waals surface area contributed by atoms with Crippen molar-refractivity contribution in [2.75, 3.05) is 19.9 Å². The van der Waals surface area contributed by atoms with Gasteiger partial charge in [-0.25, -0.2) is 0 Å². The standard InChI is InChI=1S/C24H25N3O4/c1-17(2)15-27(23(28)11-8-18-6-4-3-5-7-18)13-12-22-25-24(26-31-22)19-9-10-20-21(14-19)30-16-29-20/h3-11,14,17H,12-13,15-16H2,1-2H3. The summed E-state index contributed by atoms with van der Waals surface area (Å²) < 4.78 is 16.2. The van der Waals surface area contributed by atoms with E-state index < -0.39 is 0 Å². The number of aromatic nitrogens is 2. The van der Waals surface area contributed by atoms with E-state index in [1.54, 1.807) is 6.08 Å². The Morgan fingerprint density at radius 3 is 2.74 bits per heavy atom. The Morgan fingerprint density at radius 1 is 1.13 bits per heavy atom. The molecule has 1 aromatic heterocycles. The van der Waals surface area contributed by atoms with Gasteiger partial charge in [-0.2, -0.15) is 4.98 Å². The van der Waals surface area contributed by atoms with Crippen molar-refractivity contribution >= 4 is 12.0 Å². The van der Waals surface area contributed by atoms with Crippen LogP contribution in [0.1, 0.15) is 25.3 Å². The molecular formula is C24H25N3O4. The number of carbonyl (C=O) groups is 1. The minimum absolute atomic E-state index is 0.0342. The number of ether oxygens (including phenoxy) is 2. The van der Waals surface area contributed by atoms with Crippen molar-refractivity contribution in [1.29, 1.82) is 0 Å². The molecule has 0 saturated carbocycles. The minimum atomic E-state index is -0.0342. The third kappa shape index (κ3) is 5.31. The number of carbonyl (C=O) groups excluding carboxylic acids is 1. The summed E-state index contributed by atoms with van der Waals surface area (Å²) in [4.78, 5) is 19.0. The van der Waals surface area contributed by atoms with Gasteiger partial charge in [0.2, 0.25) is 24.4 Å². The third-order valence-corrected chi connectivity index (χ3v) is 4.81. The molecule has 160 valence electrons. The molecule has 1 aliphatic rings. The highest BCUT2D eigenvalue weighted by Crippen LogP contribution is 2.35. The Hall–Kier alpha value is -3.61. The molecule has 0 unspecified atom stereocenters. The van der Waals surface area contributed by atoms with E-state index in [9.17, 15) is 4.79 Å². The van der Waals surface area contributed by atoms with Gasteiger partial charge in [0.15, 0.2) is 11.5 Å². The number of benzene rings is 2. The van der Waals surface area contributed by atoms with Gasteiger partial charge in [0.1, 0.15) is 0 Å². The molecule has 7 heteroatoms. The number of hydrogen-bond donors (Lipinski definition) is 0. The fourth-order valence-electron chi connectivity index (χ4n) is 3.31. The largest absolute Gasteiger partial charge is 0.454 e. The highest BCUT2D eigenvalue weighted by atomic mass is 16.7. The number of rotatable bonds is 8. The summed E-state index contributed by atoms with van der Waals surface area (Å²) in [6, 6.07) is 15.3. The van der Waals surface area contributed by atoms with E-state index in [1.807, 2.05) is 59.5 Å². The molecule has 0 N–H and O–H groups in total. The van der Waals surface area contributed by atoms with E-state index in [1.165, 1.54) is 0 Å². The molecule has 2 heterocycles. The zero-order chi connectivity index (χ0) is 21.6. The summed E-state index contributed by atoms with van der Waals surface area (Å²) in [5.41, 5.74) is 1.78. The topological polar surface area (TPSA) is 77.7 Å². The highest BCUT2D eigenvalue weighted by Gasteiger charge is 2.18. The van der Waals surface area contributed by atoms with Crippen LogP contribution in [-0.4, -0.2) is 40.8 Å². The molecule has 0 spiro atoms. The summed E-state index contributed by atoms with van der Waals surface area (Å²) in [5.74, 6) is 2.66. The quantitative estimate of drug-likeness (QED) is 0.509. The Labute approximate surface area is 181 Å². The van der Waals surface area contributed by atoms with Crippen molar-refractivity contribution in [3.8, 4) is 22.9 Å². The molecule has 31 heavy (non-hydrogen) atoms. The molecule has 0 fully saturated rings. The highest BCUT2D eigenvalue weighted by molar-refractivity contribution is 5.91. The summed E-state index contributed by atoms with van der Waals surface area (Å²) >= 11 is 0. The first kappa shape index (κ1) is 20.7. The zero-order valence-electron chi connectivity index (χ0n) is 17.7. The molecule has 3 aromatic rings. The Morgan fingerprint density at radius 2 is 1.94 bits per heavy atom. The summed E-state index contributed by atoms with van der Waals surface area (Å²) in [7, 11) is 0. The second-order valence-electron chi connectivity index (χ2n) is 7.75. The molecule has 0 aliphatic carbocycles. The molecule has 0 saturated heterocycles. The van der Waals surface area contributed by atoms with E-state index in [0.717, 1.165) is 11.1 Å². The first-order valence-electron chi connectivity index (χ1n) is 10.3. The number of amides is 1. The van der Waals surface area contributed by atoms with Crippen LogP contribution in [0.4, 0.5) is 0 Å². The second-order valence-corrected chi connectivity index (χ2v) is 7.75. The molecule has 1 amide bonds. The SMILES string of the molecule is CC(C)CN(CCc1nc(-c2ccc3c(c2)OCO3)no1)C(=O)C=Cc1ccccc1. The maximum atomic E-state index is 12.8.